The summed E-state index contributed by atoms with van der Waals surface area (Å²) in [6, 6.07) is 14.9. The first-order valence-corrected chi connectivity index (χ1v) is 11.3. The van der Waals surface area contributed by atoms with Crippen molar-refractivity contribution >= 4 is 28.5 Å². The molecule has 0 spiro atoms. The molecule has 0 saturated carbocycles. The van der Waals surface area contributed by atoms with E-state index >= 15 is 0 Å². The van der Waals surface area contributed by atoms with Gasteiger partial charge in [0.2, 0.25) is 5.91 Å². The number of hydrogen-bond donors (Lipinski definition) is 3. The molecular formula is C26H26N6O3. The van der Waals surface area contributed by atoms with Crippen molar-refractivity contribution in [3.63, 3.8) is 0 Å². The van der Waals surface area contributed by atoms with Gasteiger partial charge in [-0.3, -0.25) is 14.7 Å². The van der Waals surface area contributed by atoms with E-state index in [9.17, 15) is 9.59 Å². The van der Waals surface area contributed by atoms with E-state index in [0.29, 0.717) is 16.9 Å². The Morgan fingerprint density at radius 3 is 2.63 bits per heavy atom. The molecule has 2 aromatic carbocycles. The molecule has 2 aromatic heterocycles. The number of nitrogens with one attached hydrogen (secondary N) is 3. The molecule has 5 rings (SSSR count). The van der Waals surface area contributed by atoms with Gasteiger partial charge in [-0.05, 0) is 48.9 Å². The highest BCUT2D eigenvalue weighted by atomic mass is 16.5. The molecule has 9 heteroatoms. The third-order valence-corrected chi connectivity index (χ3v) is 6.17. The fourth-order valence-corrected chi connectivity index (χ4v) is 4.10. The van der Waals surface area contributed by atoms with Gasteiger partial charge >= 0.3 is 0 Å². The predicted molar refractivity (Wildman–Crippen MR) is 134 cm³/mol. The number of nitrogens with zero attached hydrogens (tertiary/aromatic N) is 3. The van der Waals surface area contributed by atoms with Crippen molar-refractivity contribution in [1.82, 2.24) is 25.4 Å². The van der Waals surface area contributed by atoms with Crippen LogP contribution in [-0.4, -0.2) is 65.7 Å². The van der Waals surface area contributed by atoms with Crippen LogP contribution in [-0.2, 0) is 4.79 Å². The molecule has 1 saturated heterocycles. The number of aromatic nitrogens is 3. The number of carbonyl (C=O) groups is 2. The second-order valence-corrected chi connectivity index (χ2v) is 8.64. The van der Waals surface area contributed by atoms with E-state index in [0.717, 1.165) is 46.5 Å². The van der Waals surface area contributed by atoms with Gasteiger partial charge in [0.15, 0.2) is 5.65 Å². The summed E-state index contributed by atoms with van der Waals surface area (Å²) < 4.78 is 5.52. The van der Waals surface area contributed by atoms with Crippen LogP contribution in [0.1, 0.15) is 16.8 Å². The van der Waals surface area contributed by atoms with Gasteiger partial charge in [0.05, 0.1) is 30.1 Å². The standard InChI is InChI=1S/C26H26N6O3/c1-32(2)26(34)18-12-15(8-9-20(18)29-25(33)21-10-11-27-21)16-13-19-23(30-31-24(19)28-14-16)17-6-4-5-7-22(17)35-3/h4-9,12-14,21,27H,10-11H2,1-3H3,(H,29,33)(H,28,30,31)/t21-/m0/s1. The van der Waals surface area contributed by atoms with Crippen molar-refractivity contribution in [3.05, 3.63) is 60.3 Å². The number of fused-ring (bicyclic) bond motifs is 1. The second-order valence-electron chi connectivity index (χ2n) is 8.64. The minimum atomic E-state index is -0.224. The Morgan fingerprint density at radius 1 is 1.11 bits per heavy atom. The number of pyridine rings is 1. The lowest BCUT2D eigenvalue weighted by Gasteiger charge is -2.27. The van der Waals surface area contributed by atoms with E-state index < -0.39 is 0 Å². The SMILES string of the molecule is COc1ccccc1-c1[nH]nc2ncc(-c3ccc(NC(=O)[C@@H]4CCN4)c(C(=O)N(C)C)c3)cc12. The second kappa shape index (κ2) is 9.19. The average molecular weight is 471 g/mol. The van der Waals surface area contributed by atoms with E-state index in [4.69, 9.17) is 4.74 Å². The maximum atomic E-state index is 13.0. The van der Waals surface area contributed by atoms with Crippen LogP contribution in [0.3, 0.4) is 0 Å². The molecule has 1 aliphatic heterocycles. The summed E-state index contributed by atoms with van der Waals surface area (Å²) in [5.74, 6) is 0.388. The van der Waals surface area contributed by atoms with Gasteiger partial charge in [-0.25, -0.2) is 4.98 Å². The minimum Gasteiger partial charge on any atom is -0.496 e. The Labute approximate surface area is 202 Å². The van der Waals surface area contributed by atoms with Crippen LogP contribution in [0, 0.1) is 0 Å². The molecule has 0 aliphatic carbocycles. The molecule has 0 radical (unpaired) electrons. The molecule has 1 fully saturated rings. The van der Waals surface area contributed by atoms with E-state index in [1.807, 2.05) is 36.4 Å². The van der Waals surface area contributed by atoms with Gasteiger partial charge in [-0.15, -0.1) is 0 Å². The number of anilines is 1. The van der Waals surface area contributed by atoms with Gasteiger partial charge in [0, 0.05) is 36.8 Å². The van der Waals surface area contributed by atoms with Gasteiger partial charge in [-0.2, -0.15) is 5.10 Å². The third kappa shape index (κ3) is 4.22. The molecule has 1 aliphatic rings. The van der Waals surface area contributed by atoms with Crippen molar-refractivity contribution in [3.8, 4) is 28.1 Å². The van der Waals surface area contributed by atoms with Gasteiger partial charge < -0.3 is 20.3 Å². The normalized spacial score (nSPS) is 14.9. The summed E-state index contributed by atoms with van der Waals surface area (Å²) in [7, 11) is 5.01. The number of aromatic amines is 1. The van der Waals surface area contributed by atoms with E-state index in [-0.39, 0.29) is 17.9 Å². The molecule has 35 heavy (non-hydrogen) atoms. The molecule has 3 heterocycles. The molecule has 0 bridgehead atoms. The number of hydrogen-bond acceptors (Lipinski definition) is 6. The zero-order valence-electron chi connectivity index (χ0n) is 19.8. The highest BCUT2D eigenvalue weighted by Gasteiger charge is 2.26. The van der Waals surface area contributed by atoms with Crippen molar-refractivity contribution in [2.75, 3.05) is 33.1 Å². The molecular weight excluding hydrogens is 444 g/mol. The maximum absolute atomic E-state index is 13.0. The minimum absolute atomic E-state index is 0.139. The maximum Gasteiger partial charge on any atom is 0.255 e. The summed E-state index contributed by atoms with van der Waals surface area (Å²) in [5, 5.41) is 14.2. The predicted octanol–water partition coefficient (Wildman–Crippen LogP) is 3.30. The van der Waals surface area contributed by atoms with Crippen LogP contribution in [0.15, 0.2) is 54.7 Å². The molecule has 3 N–H and O–H groups in total. The molecule has 9 nitrogen and oxygen atoms in total. The van der Waals surface area contributed by atoms with E-state index in [2.05, 4.69) is 25.8 Å². The fourth-order valence-electron chi connectivity index (χ4n) is 4.10. The number of methoxy groups -OCH3 is 1. The summed E-state index contributed by atoms with van der Waals surface area (Å²) >= 11 is 0. The van der Waals surface area contributed by atoms with Crippen LogP contribution in [0.2, 0.25) is 0 Å². The topological polar surface area (TPSA) is 112 Å². The number of benzene rings is 2. The first-order chi connectivity index (χ1) is 17.0. The Morgan fingerprint density at radius 2 is 1.91 bits per heavy atom. The van der Waals surface area contributed by atoms with Crippen LogP contribution in [0.25, 0.3) is 33.4 Å². The first-order valence-electron chi connectivity index (χ1n) is 11.3. The Kier molecular flexibility index (Phi) is 5.92. The Balaban J connectivity index is 1.56. The first kappa shape index (κ1) is 22.5. The van der Waals surface area contributed by atoms with Gasteiger partial charge in [0.1, 0.15) is 5.75 Å². The lowest BCUT2D eigenvalue weighted by Crippen LogP contribution is -2.51. The molecule has 1 atom stereocenters. The Bertz CT molecular complexity index is 1420. The highest BCUT2D eigenvalue weighted by Crippen LogP contribution is 2.35. The van der Waals surface area contributed by atoms with Crippen LogP contribution in [0.5, 0.6) is 5.75 Å². The summed E-state index contributed by atoms with van der Waals surface area (Å²) in [5.41, 5.74) is 4.78. The largest absolute Gasteiger partial charge is 0.496 e. The number of carbonyl (C=O) groups excluding carboxylic acids is 2. The van der Waals surface area contributed by atoms with Crippen LogP contribution < -0.4 is 15.4 Å². The Hall–Kier alpha value is -4.24. The van der Waals surface area contributed by atoms with Crippen molar-refractivity contribution in [1.29, 1.82) is 0 Å². The van der Waals surface area contributed by atoms with E-state index in [1.165, 1.54) is 4.90 Å². The number of amides is 2. The number of H-pyrrole nitrogens is 1. The summed E-state index contributed by atoms with van der Waals surface area (Å²) in [6.07, 6.45) is 2.51. The van der Waals surface area contributed by atoms with Crippen LogP contribution in [0.4, 0.5) is 5.69 Å². The monoisotopic (exact) mass is 470 g/mol. The number of para-hydroxylation sites is 1. The molecule has 178 valence electrons. The number of ether oxygens (including phenoxy) is 1. The lowest BCUT2D eigenvalue weighted by atomic mass is 10.00. The van der Waals surface area contributed by atoms with Crippen LogP contribution >= 0.6 is 0 Å². The zero-order valence-corrected chi connectivity index (χ0v) is 19.8. The van der Waals surface area contributed by atoms with Gasteiger partial charge in [-0.1, -0.05) is 18.2 Å². The fraction of sp³-hybridized carbons (Fsp3) is 0.231. The van der Waals surface area contributed by atoms with Crippen molar-refractivity contribution in [2.24, 2.45) is 0 Å². The molecule has 2 amide bonds. The molecule has 0 unspecified atom stereocenters. The highest BCUT2D eigenvalue weighted by molar-refractivity contribution is 6.06. The van der Waals surface area contributed by atoms with Crippen molar-refractivity contribution < 1.29 is 14.3 Å². The van der Waals surface area contributed by atoms with Gasteiger partial charge in [0.25, 0.3) is 5.91 Å². The zero-order chi connectivity index (χ0) is 24.5. The summed E-state index contributed by atoms with van der Waals surface area (Å²) in [4.78, 5) is 31.5. The number of rotatable bonds is 6. The van der Waals surface area contributed by atoms with E-state index in [1.54, 1.807) is 39.5 Å². The molecule has 4 aromatic rings. The third-order valence-electron chi connectivity index (χ3n) is 6.17. The summed E-state index contributed by atoms with van der Waals surface area (Å²) in [6.45, 7) is 0.820. The van der Waals surface area contributed by atoms with Crippen molar-refractivity contribution in [2.45, 2.75) is 12.5 Å². The smallest absolute Gasteiger partial charge is 0.255 e. The lowest BCUT2D eigenvalue weighted by molar-refractivity contribution is -0.119. The quantitative estimate of drug-likeness (QED) is 0.399. The average Bonchev–Trinajstić information content (AvgIpc) is 3.25.